The van der Waals surface area contributed by atoms with Crippen molar-refractivity contribution in [2.24, 2.45) is 0 Å². The molecule has 4 heteroatoms. The first-order valence-electron chi connectivity index (χ1n) is 4.03. The maximum Gasteiger partial charge on any atom is 0.330 e. The summed E-state index contributed by atoms with van der Waals surface area (Å²) in [5, 5.41) is 0.410. The third-order valence-electron chi connectivity index (χ3n) is 1.43. The highest BCUT2D eigenvalue weighted by molar-refractivity contribution is 9.09. The Balaban J connectivity index is 3.40. The van der Waals surface area contributed by atoms with Gasteiger partial charge in [0.05, 0.1) is 12.4 Å². The fourth-order valence-corrected chi connectivity index (χ4v) is 1.01. The van der Waals surface area contributed by atoms with Crippen LogP contribution in [0.1, 0.15) is 19.3 Å². The fraction of sp³-hybridized carbons (Fsp3) is 0.556. The van der Waals surface area contributed by atoms with Crippen LogP contribution in [0.15, 0.2) is 12.2 Å². The number of ether oxygens (including phenoxy) is 1. The van der Waals surface area contributed by atoms with Crippen LogP contribution in [0.25, 0.3) is 0 Å². The van der Waals surface area contributed by atoms with Crippen LogP contribution in [0.4, 0.5) is 0 Å². The SMILES string of the molecule is COC(=O)/C=C\CCCC(=O)CBr. The smallest absolute Gasteiger partial charge is 0.330 e. The number of allylic oxidation sites excluding steroid dienone is 1. The Kier molecular flexibility index (Phi) is 7.59. The van der Waals surface area contributed by atoms with Crippen LogP contribution in [0.5, 0.6) is 0 Å². The molecule has 0 aliphatic rings. The number of hydrogen-bond donors (Lipinski definition) is 0. The summed E-state index contributed by atoms with van der Waals surface area (Å²) >= 11 is 3.08. The molecule has 0 saturated carbocycles. The molecule has 0 aromatic heterocycles. The zero-order chi connectivity index (χ0) is 10.1. The van der Waals surface area contributed by atoms with Gasteiger partial charge in [0.2, 0.25) is 0 Å². The van der Waals surface area contributed by atoms with Gasteiger partial charge in [0, 0.05) is 12.5 Å². The zero-order valence-electron chi connectivity index (χ0n) is 7.59. The van der Waals surface area contributed by atoms with Crippen LogP contribution in [0.2, 0.25) is 0 Å². The van der Waals surface area contributed by atoms with E-state index in [1.807, 2.05) is 0 Å². The van der Waals surface area contributed by atoms with E-state index in [4.69, 9.17) is 0 Å². The summed E-state index contributed by atoms with van der Waals surface area (Å²) < 4.78 is 4.40. The summed E-state index contributed by atoms with van der Waals surface area (Å²) in [6.45, 7) is 0. The number of halogens is 1. The highest BCUT2D eigenvalue weighted by atomic mass is 79.9. The van der Waals surface area contributed by atoms with Gasteiger partial charge in [-0.3, -0.25) is 4.79 Å². The first-order chi connectivity index (χ1) is 6.20. The van der Waals surface area contributed by atoms with Crippen molar-refractivity contribution in [2.45, 2.75) is 19.3 Å². The lowest BCUT2D eigenvalue weighted by atomic mass is 10.2. The van der Waals surface area contributed by atoms with Crippen LogP contribution in [-0.4, -0.2) is 24.2 Å². The van der Waals surface area contributed by atoms with Gasteiger partial charge in [-0.15, -0.1) is 0 Å². The molecule has 0 aromatic rings. The first kappa shape index (κ1) is 12.4. The average molecular weight is 249 g/mol. The van der Waals surface area contributed by atoms with Gasteiger partial charge in [-0.2, -0.15) is 0 Å². The lowest BCUT2D eigenvalue weighted by Crippen LogP contribution is -1.97. The van der Waals surface area contributed by atoms with Crippen LogP contribution in [0, 0.1) is 0 Å². The number of methoxy groups -OCH3 is 1. The first-order valence-corrected chi connectivity index (χ1v) is 5.15. The summed E-state index contributed by atoms with van der Waals surface area (Å²) in [7, 11) is 1.33. The highest BCUT2D eigenvalue weighted by Crippen LogP contribution is 1.99. The maximum atomic E-state index is 10.8. The summed E-state index contributed by atoms with van der Waals surface area (Å²) in [6.07, 6.45) is 5.15. The van der Waals surface area contributed by atoms with E-state index >= 15 is 0 Å². The lowest BCUT2D eigenvalue weighted by molar-refractivity contribution is -0.134. The Morgan fingerprint density at radius 3 is 2.69 bits per heavy atom. The second kappa shape index (κ2) is 7.98. The molecule has 0 rings (SSSR count). The maximum absolute atomic E-state index is 10.8. The molecular weight excluding hydrogens is 236 g/mol. The molecule has 0 aliphatic heterocycles. The molecule has 0 atom stereocenters. The van der Waals surface area contributed by atoms with Crippen molar-refractivity contribution in [3.05, 3.63) is 12.2 Å². The Morgan fingerprint density at radius 2 is 2.15 bits per heavy atom. The predicted octanol–water partition coefficient (Wildman–Crippen LogP) is 1.85. The van der Waals surface area contributed by atoms with E-state index in [0.29, 0.717) is 11.8 Å². The van der Waals surface area contributed by atoms with Gasteiger partial charge in [-0.1, -0.05) is 22.0 Å². The molecule has 3 nitrogen and oxygen atoms in total. The number of unbranched alkanes of at least 4 members (excludes halogenated alkanes) is 1. The van der Waals surface area contributed by atoms with Gasteiger partial charge in [-0.25, -0.2) is 4.79 Å². The number of Topliss-reactive ketones (excluding diaryl/α,β-unsaturated/α-hetero) is 1. The number of ketones is 1. The molecule has 0 aromatic carbocycles. The van der Waals surface area contributed by atoms with E-state index in [1.54, 1.807) is 6.08 Å². The minimum atomic E-state index is -0.355. The molecule has 0 heterocycles. The lowest BCUT2D eigenvalue weighted by Gasteiger charge is -1.93. The minimum absolute atomic E-state index is 0.187. The van der Waals surface area contributed by atoms with Crippen molar-refractivity contribution < 1.29 is 14.3 Å². The number of rotatable bonds is 6. The van der Waals surface area contributed by atoms with Crippen LogP contribution < -0.4 is 0 Å². The fourth-order valence-electron chi connectivity index (χ4n) is 0.731. The van der Waals surface area contributed by atoms with Crippen molar-refractivity contribution >= 4 is 27.7 Å². The zero-order valence-corrected chi connectivity index (χ0v) is 9.17. The molecule has 0 radical (unpaired) electrons. The normalized spacial score (nSPS) is 10.3. The Morgan fingerprint density at radius 1 is 1.46 bits per heavy atom. The van der Waals surface area contributed by atoms with E-state index in [-0.39, 0.29) is 11.8 Å². The van der Waals surface area contributed by atoms with Crippen molar-refractivity contribution in [2.75, 3.05) is 12.4 Å². The van der Waals surface area contributed by atoms with Crippen LogP contribution in [0.3, 0.4) is 0 Å². The highest BCUT2D eigenvalue weighted by Gasteiger charge is 1.97. The van der Waals surface area contributed by atoms with Crippen molar-refractivity contribution in [1.29, 1.82) is 0 Å². The van der Waals surface area contributed by atoms with Crippen molar-refractivity contribution in [3.8, 4) is 0 Å². The summed E-state index contributed by atoms with van der Waals surface area (Å²) in [6, 6.07) is 0. The quantitative estimate of drug-likeness (QED) is 0.312. The van der Waals surface area contributed by atoms with E-state index in [2.05, 4.69) is 20.7 Å². The number of carbonyl (C=O) groups excluding carboxylic acids is 2. The molecule has 0 spiro atoms. The van der Waals surface area contributed by atoms with Gasteiger partial charge in [0.15, 0.2) is 0 Å². The van der Waals surface area contributed by atoms with Gasteiger partial charge in [0.1, 0.15) is 5.78 Å². The summed E-state index contributed by atoms with van der Waals surface area (Å²) in [4.78, 5) is 21.4. The van der Waals surface area contributed by atoms with Crippen molar-refractivity contribution in [3.63, 3.8) is 0 Å². The Labute approximate surface area is 86.3 Å². The number of alkyl halides is 1. The molecule has 0 aliphatic carbocycles. The van der Waals surface area contributed by atoms with Crippen molar-refractivity contribution in [1.82, 2.24) is 0 Å². The molecule has 74 valence electrons. The number of hydrogen-bond acceptors (Lipinski definition) is 3. The monoisotopic (exact) mass is 248 g/mol. The van der Waals surface area contributed by atoms with Crippen LogP contribution >= 0.6 is 15.9 Å². The number of esters is 1. The third-order valence-corrected chi connectivity index (χ3v) is 2.06. The second-order valence-corrected chi connectivity index (χ2v) is 3.05. The summed E-state index contributed by atoms with van der Waals surface area (Å²) in [5.74, 6) is -0.168. The summed E-state index contributed by atoms with van der Waals surface area (Å²) in [5.41, 5.74) is 0. The predicted molar refractivity (Wildman–Crippen MR) is 53.8 cm³/mol. The molecule has 0 bridgehead atoms. The van der Waals surface area contributed by atoms with E-state index in [0.717, 1.165) is 12.8 Å². The minimum Gasteiger partial charge on any atom is -0.466 e. The number of carbonyl (C=O) groups is 2. The van der Waals surface area contributed by atoms with E-state index < -0.39 is 0 Å². The van der Waals surface area contributed by atoms with E-state index in [9.17, 15) is 9.59 Å². The van der Waals surface area contributed by atoms with Gasteiger partial charge in [-0.05, 0) is 12.8 Å². The van der Waals surface area contributed by atoms with E-state index in [1.165, 1.54) is 13.2 Å². The molecule has 13 heavy (non-hydrogen) atoms. The molecule has 0 N–H and O–H groups in total. The Hall–Kier alpha value is -0.640. The standard InChI is InChI=1S/C9H13BrO3/c1-13-9(12)6-4-2-3-5-8(11)7-10/h4,6H,2-3,5,7H2,1H3/b6-4-. The average Bonchev–Trinajstić information content (AvgIpc) is 2.16. The van der Waals surface area contributed by atoms with Gasteiger partial charge < -0.3 is 4.74 Å². The van der Waals surface area contributed by atoms with Gasteiger partial charge in [0.25, 0.3) is 0 Å². The molecule has 0 amide bonds. The second-order valence-electron chi connectivity index (χ2n) is 2.49. The molecule has 0 fully saturated rings. The van der Waals surface area contributed by atoms with Gasteiger partial charge >= 0.3 is 5.97 Å². The molecule has 0 unspecified atom stereocenters. The third kappa shape index (κ3) is 7.71. The molecule has 0 saturated heterocycles. The topological polar surface area (TPSA) is 43.4 Å². The molecular formula is C9H13BrO3. The van der Waals surface area contributed by atoms with Crippen LogP contribution in [-0.2, 0) is 14.3 Å². The Bertz CT molecular complexity index is 199. The largest absolute Gasteiger partial charge is 0.466 e.